The molecule has 0 saturated heterocycles. The molecule has 0 atom stereocenters. The molecule has 0 aromatic carbocycles. The van der Waals surface area contributed by atoms with E-state index in [9.17, 15) is 0 Å². The van der Waals surface area contributed by atoms with Crippen LogP contribution in [0.25, 0.3) is 0 Å². The molecule has 1 aromatic rings. The van der Waals surface area contributed by atoms with E-state index in [0.717, 1.165) is 11.3 Å². The number of aromatic nitrogens is 1. The summed E-state index contributed by atoms with van der Waals surface area (Å²) in [6, 6.07) is 0. The first kappa shape index (κ1) is 4.81. The highest BCUT2D eigenvalue weighted by Gasteiger charge is 2.19. The maximum Gasteiger partial charge on any atom is 0.172 e. The van der Waals surface area contributed by atoms with Crippen LogP contribution in [-0.2, 0) is 18.0 Å². The molecular formula is C5H6N2O2. The molecule has 1 aliphatic rings. The van der Waals surface area contributed by atoms with Crippen LogP contribution in [0.2, 0.25) is 0 Å². The van der Waals surface area contributed by atoms with Gasteiger partial charge < -0.3 is 15.0 Å². The van der Waals surface area contributed by atoms with Crippen molar-refractivity contribution in [2.45, 2.75) is 13.2 Å². The van der Waals surface area contributed by atoms with Crippen LogP contribution >= 0.6 is 0 Å². The predicted octanol–water partition coefficient (Wildman–Crippen LogP) is 0.287. The van der Waals surface area contributed by atoms with Crippen molar-refractivity contribution in [1.29, 1.82) is 0 Å². The summed E-state index contributed by atoms with van der Waals surface area (Å²) >= 11 is 0. The number of hydrogen-bond donors (Lipinski definition) is 1. The molecule has 4 heteroatoms. The third kappa shape index (κ3) is 0.533. The Bertz CT molecular complexity index is 231. The Labute approximate surface area is 51.6 Å². The lowest BCUT2D eigenvalue weighted by atomic mass is 10.3. The number of rotatable bonds is 0. The Morgan fingerprint density at radius 1 is 1.44 bits per heavy atom. The molecule has 1 aromatic heterocycles. The minimum atomic E-state index is 0.461. The quantitative estimate of drug-likeness (QED) is 0.542. The van der Waals surface area contributed by atoms with Crippen LogP contribution < -0.4 is 5.73 Å². The largest absolute Gasteiger partial charge is 0.381 e. The Morgan fingerprint density at radius 3 is 3.11 bits per heavy atom. The Kier molecular flexibility index (Phi) is 0.790. The monoisotopic (exact) mass is 126 g/mol. The third-order valence-corrected chi connectivity index (χ3v) is 1.38. The van der Waals surface area contributed by atoms with E-state index in [0.29, 0.717) is 19.0 Å². The molecule has 0 fully saturated rings. The number of fused-ring (bicyclic) bond motifs is 1. The standard InChI is InChI=1S/C5H6N2O2/c6-5-3-1-8-2-4(3)9-7-5/h1-2H2,(H2,6,7). The van der Waals surface area contributed by atoms with Crippen LogP contribution in [0.3, 0.4) is 0 Å². The van der Waals surface area contributed by atoms with E-state index in [2.05, 4.69) is 5.16 Å². The molecule has 9 heavy (non-hydrogen) atoms. The average molecular weight is 126 g/mol. The number of nitrogens with zero attached hydrogens (tertiary/aromatic N) is 1. The van der Waals surface area contributed by atoms with Gasteiger partial charge in [0.25, 0.3) is 0 Å². The van der Waals surface area contributed by atoms with Crippen molar-refractivity contribution in [3.05, 3.63) is 11.3 Å². The minimum absolute atomic E-state index is 0.461. The van der Waals surface area contributed by atoms with Crippen LogP contribution in [0.5, 0.6) is 0 Å². The molecule has 0 saturated carbocycles. The van der Waals surface area contributed by atoms with Gasteiger partial charge in [0.15, 0.2) is 11.6 Å². The topological polar surface area (TPSA) is 61.3 Å². The lowest BCUT2D eigenvalue weighted by Crippen LogP contribution is -1.88. The van der Waals surface area contributed by atoms with E-state index in [1.165, 1.54) is 0 Å². The van der Waals surface area contributed by atoms with Gasteiger partial charge in [-0.3, -0.25) is 0 Å². The fourth-order valence-corrected chi connectivity index (χ4v) is 0.871. The highest BCUT2D eigenvalue weighted by molar-refractivity contribution is 5.40. The molecule has 0 spiro atoms. The van der Waals surface area contributed by atoms with E-state index in [4.69, 9.17) is 15.0 Å². The molecule has 0 unspecified atom stereocenters. The smallest absolute Gasteiger partial charge is 0.172 e. The lowest BCUT2D eigenvalue weighted by molar-refractivity contribution is 0.119. The zero-order valence-corrected chi connectivity index (χ0v) is 4.76. The van der Waals surface area contributed by atoms with Crippen molar-refractivity contribution in [1.82, 2.24) is 5.16 Å². The van der Waals surface area contributed by atoms with Crippen LogP contribution in [0.4, 0.5) is 5.82 Å². The van der Waals surface area contributed by atoms with Crippen LogP contribution in [0.15, 0.2) is 4.52 Å². The lowest BCUT2D eigenvalue weighted by Gasteiger charge is -1.85. The molecule has 4 nitrogen and oxygen atoms in total. The van der Waals surface area contributed by atoms with Crippen LogP contribution in [0.1, 0.15) is 11.3 Å². The first-order chi connectivity index (χ1) is 4.38. The number of hydrogen-bond acceptors (Lipinski definition) is 4. The minimum Gasteiger partial charge on any atom is -0.381 e. The molecule has 0 radical (unpaired) electrons. The Morgan fingerprint density at radius 2 is 2.33 bits per heavy atom. The summed E-state index contributed by atoms with van der Waals surface area (Å²) in [6.45, 7) is 1.06. The molecular weight excluding hydrogens is 120 g/mol. The van der Waals surface area contributed by atoms with E-state index in [1.807, 2.05) is 0 Å². The first-order valence-electron chi connectivity index (χ1n) is 2.68. The fraction of sp³-hybridized carbons (Fsp3) is 0.400. The molecule has 48 valence electrons. The zero-order chi connectivity index (χ0) is 6.27. The van der Waals surface area contributed by atoms with Gasteiger partial charge in [0.1, 0.15) is 6.61 Å². The van der Waals surface area contributed by atoms with Crippen LogP contribution in [0, 0.1) is 0 Å². The molecule has 2 rings (SSSR count). The molecule has 1 aliphatic heterocycles. The normalized spacial score (nSPS) is 16.0. The second kappa shape index (κ2) is 1.48. The van der Waals surface area contributed by atoms with Gasteiger partial charge in [0.05, 0.1) is 12.2 Å². The first-order valence-corrected chi connectivity index (χ1v) is 2.68. The van der Waals surface area contributed by atoms with Gasteiger partial charge in [-0.1, -0.05) is 5.16 Å². The van der Waals surface area contributed by atoms with E-state index in [-0.39, 0.29) is 0 Å². The van der Waals surface area contributed by atoms with E-state index < -0.39 is 0 Å². The maximum absolute atomic E-state index is 5.41. The summed E-state index contributed by atoms with van der Waals surface area (Å²) in [7, 11) is 0. The van der Waals surface area contributed by atoms with Crippen molar-refractivity contribution in [2.75, 3.05) is 5.73 Å². The van der Waals surface area contributed by atoms with E-state index >= 15 is 0 Å². The molecule has 2 N–H and O–H groups in total. The number of anilines is 1. The number of nitrogen functional groups attached to an aromatic ring is 1. The molecule has 2 heterocycles. The van der Waals surface area contributed by atoms with E-state index in [1.54, 1.807) is 0 Å². The summed E-state index contributed by atoms with van der Waals surface area (Å²) in [4.78, 5) is 0. The number of ether oxygens (including phenoxy) is 1. The molecule has 0 aliphatic carbocycles. The van der Waals surface area contributed by atoms with Crippen LogP contribution in [-0.4, -0.2) is 5.16 Å². The summed E-state index contributed by atoms with van der Waals surface area (Å²) < 4.78 is 9.83. The van der Waals surface area contributed by atoms with Gasteiger partial charge >= 0.3 is 0 Å². The Hall–Kier alpha value is -1.03. The van der Waals surface area contributed by atoms with Crippen molar-refractivity contribution < 1.29 is 9.26 Å². The predicted molar refractivity (Wildman–Crippen MR) is 29.4 cm³/mol. The van der Waals surface area contributed by atoms with Gasteiger partial charge in [-0.25, -0.2) is 0 Å². The van der Waals surface area contributed by atoms with Crippen molar-refractivity contribution >= 4 is 5.82 Å². The van der Waals surface area contributed by atoms with Gasteiger partial charge in [0.2, 0.25) is 0 Å². The Balaban J connectivity index is 2.56. The second-order valence-corrected chi connectivity index (χ2v) is 1.96. The molecule has 0 amide bonds. The van der Waals surface area contributed by atoms with Crippen molar-refractivity contribution in [2.24, 2.45) is 0 Å². The summed E-state index contributed by atoms with van der Waals surface area (Å²) in [5.41, 5.74) is 6.32. The summed E-state index contributed by atoms with van der Waals surface area (Å²) in [5.74, 6) is 1.23. The van der Waals surface area contributed by atoms with Gasteiger partial charge in [-0.2, -0.15) is 0 Å². The van der Waals surface area contributed by atoms with Crippen molar-refractivity contribution in [3.63, 3.8) is 0 Å². The third-order valence-electron chi connectivity index (χ3n) is 1.38. The SMILES string of the molecule is Nc1noc2c1COC2. The highest BCUT2D eigenvalue weighted by atomic mass is 16.5. The number of nitrogens with two attached hydrogens (primary N) is 1. The molecule has 0 bridgehead atoms. The van der Waals surface area contributed by atoms with Gasteiger partial charge in [-0.15, -0.1) is 0 Å². The zero-order valence-electron chi connectivity index (χ0n) is 4.76. The highest BCUT2D eigenvalue weighted by Crippen LogP contribution is 2.23. The maximum atomic E-state index is 5.41. The second-order valence-electron chi connectivity index (χ2n) is 1.96. The average Bonchev–Trinajstić information content (AvgIpc) is 2.35. The van der Waals surface area contributed by atoms with Crippen molar-refractivity contribution in [3.8, 4) is 0 Å². The fourth-order valence-electron chi connectivity index (χ4n) is 0.871. The summed E-state index contributed by atoms with van der Waals surface area (Å²) in [6.07, 6.45) is 0. The summed E-state index contributed by atoms with van der Waals surface area (Å²) in [5, 5.41) is 3.56. The van der Waals surface area contributed by atoms with Gasteiger partial charge in [-0.05, 0) is 0 Å². The van der Waals surface area contributed by atoms with Gasteiger partial charge in [0, 0.05) is 0 Å².